The maximum Gasteiger partial charge on any atom is 0.229 e. The van der Waals surface area contributed by atoms with Crippen LogP contribution in [-0.2, 0) is 11.3 Å². The Kier molecular flexibility index (Phi) is 2.97. The van der Waals surface area contributed by atoms with Crippen molar-refractivity contribution in [1.82, 2.24) is 5.32 Å². The highest BCUT2D eigenvalue weighted by Crippen LogP contribution is 2.63. The Bertz CT molecular complexity index is 429. The predicted molar refractivity (Wildman–Crippen MR) is 68.1 cm³/mol. The molecule has 1 amide bonds. The fourth-order valence-corrected chi connectivity index (χ4v) is 3.13. The first-order valence-corrected chi connectivity index (χ1v) is 6.64. The Balaban J connectivity index is 1.90. The van der Waals surface area contributed by atoms with E-state index in [1.807, 2.05) is 19.1 Å². The van der Waals surface area contributed by atoms with Crippen molar-refractivity contribution in [2.24, 2.45) is 5.41 Å². The van der Waals surface area contributed by atoms with E-state index in [9.17, 15) is 4.79 Å². The van der Waals surface area contributed by atoms with Crippen molar-refractivity contribution in [2.45, 2.75) is 31.1 Å². The first-order chi connectivity index (χ1) is 7.35. The summed E-state index contributed by atoms with van der Waals surface area (Å²) in [6, 6.07) is 4.06. The molecule has 2 nitrogen and oxygen atoms in total. The van der Waals surface area contributed by atoms with E-state index >= 15 is 0 Å². The molecule has 0 unspecified atom stereocenters. The SMILES string of the molecule is Cc1ccc(CNC(=O)[C@]2(C)CC2(Cl)Cl)s1. The van der Waals surface area contributed by atoms with Gasteiger partial charge < -0.3 is 5.32 Å². The molecule has 0 aromatic carbocycles. The van der Waals surface area contributed by atoms with Crippen LogP contribution in [0.2, 0.25) is 0 Å². The zero-order chi connectivity index (χ0) is 12.0. The molecule has 88 valence electrons. The van der Waals surface area contributed by atoms with Gasteiger partial charge in [0.1, 0.15) is 4.33 Å². The first kappa shape index (κ1) is 12.2. The molecule has 1 aliphatic carbocycles. The summed E-state index contributed by atoms with van der Waals surface area (Å²) in [6.07, 6.45) is 0.526. The van der Waals surface area contributed by atoms with Gasteiger partial charge in [-0.2, -0.15) is 0 Å². The molecular formula is C11H13Cl2NOS. The molecule has 1 heterocycles. The minimum Gasteiger partial charge on any atom is -0.351 e. The number of aryl methyl sites for hydroxylation is 1. The van der Waals surface area contributed by atoms with Gasteiger partial charge in [0.25, 0.3) is 0 Å². The molecular weight excluding hydrogens is 265 g/mol. The van der Waals surface area contributed by atoms with Crippen LogP contribution < -0.4 is 5.32 Å². The average Bonchev–Trinajstić information content (AvgIpc) is 2.57. The monoisotopic (exact) mass is 277 g/mol. The third-order valence-electron chi connectivity index (χ3n) is 2.98. The van der Waals surface area contributed by atoms with Gasteiger partial charge in [0.15, 0.2) is 0 Å². The van der Waals surface area contributed by atoms with Crippen LogP contribution in [0.15, 0.2) is 12.1 Å². The zero-order valence-electron chi connectivity index (χ0n) is 9.14. The van der Waals surface area contributed by atoms with Crippen LogP contribution in [0.3, 0.4) is 0 Å². The standard InChI is InChI=1S/C11H13Cl2NOS/c1-7-3-4-8(16-7)5-14-9(15)10(2)6-11(10,12)13/h3-4H,5-6H2,1-2H3,(H,14,15)/t10-/m0/s1. The van der Waals surface area contributed by atoms with E-state index in [2.05, 4.69) is 5.32 Å². The average molecular weight is 278 g/mol. The fourth-order valence-electron chi connectivity index (χ4n) is 1.59. The first-order valence-electron chi connectivity index (χ1n) is 5.07. The second-order valence-electron chi connectivity index (χ2n) is 4.41. The van der Waals surface area contributed by atoms with Crippen LogP contribution in [0.1, 0.15) is 23.1 Å². The normalized spacial score (nSPS) is 26.5. The predicted octanol–water partition coefficient (Wildman–Crippen LogP) is 3.26. The van der Waals surface area contributed by atoms with E-state index in [0.717, 1.165) is 4.88 Å². The van der Waals surface area contributed by atoms with Gasteiger partial charge in [0, 0.05) is 9.75 Å². The van der Waals surface area contributed by atoms with Crippen molar-refractivity contribution in [2.75, 3.05) is 0 Å². The second kappa shape index (κ2) is 3.90. The number of hydrogen-bond donors (Lipinski definition) is 1. The lowest BCUT2D eigenvalue weighted by Gasteiger charge is -2.11. The van der Waals surface area contributed by atoms with E-state index < -0.39 is 9.75 Å². The number of thiophene rings is 1. The van der Waals surface area contributed by atoms with Gasteiger partial charge in [-0.05, 0) is 32.4 Å². The topological polar surface area (TPSA) is 29.1 Å². The molecule has 1 N–H and O–H groups in total. The van der Waals surface area contributed by atoms with Gasteiger partial charge in [-0.3, -0.25) is 4.79 Å². The fraction of sp³-hybridized carbons (Fsp3) is 0.545. The van der Waals surface area contributed by atoms with Crippen molar-refractivity contribution in [1.29, 1.82) is 0 Å². The molecule has 2 rings (SSSR count). The number of rotatable bonds is 3. The van der Waals surface area contributed by atoms with Gasteiger partial charge in [0.05, 0.1) is 12.0 Å². The lowest BCUT2D eigenvalue weighted by molar-refractivity contribution is -0.125. The molecule has 0 aliphatic heterocycles. The molecule has 5 heteroatoms. The number of halogens is 2. The smallest absolute Gasteiger partial charge is 0.229 e. The molecule has 16 heavy (non-hydrogen) atoms. The maximum absolute atomic E-state index is 11.8. The summed E-state index contributed by atoms with van der Waals surface area (Å²) in [4.78, 5) is 14.2. The highest BCUT2D eigenvalue weighted by atomic mass is 35.5. The largest absolute Gasteiger partial charge is 0.351 e. The molecule has 1 aromatic rings. The van der Waals surface area contributed by atoms with Crippen molar-refractivity contribution >= 4 is 40.4 Å². The van der Waals surface area contributed by atoms with Gasteiger partial charge in [0.2, 0.25) is 5.91 Å². The minimum atomic E-state index is -0.886. The van der Waals surface area contributed by atoms with Crippen LogP contribution in [-0.4, -0.2) is 10.2 Å². The Morgan fingerprint density at radius 1 is 1.56 bits per heavy atom. The summed E-state index contributed by atoms with van der Waals surface area (Å²) in [7, 11) is 0. The van der Waals surface area contributed by atoms with Crippen LogP contribution in [0.25, 0.3) is 0 Å². The summed E-state index contributed by atoms with van der Waals surface area (Å²) < 4.78 is -0.886. The Labute approximate surface area is 109 Å². The quantitative estimate of drug-likeness (QED) is 0.845. The Morgan fingerprint density at radius 3 is 2.62 bits per heavy atom. The maximum atomic E-state index is 11.8. The van der Waals surface area contributed by atoms with Crippen LogP contribution in [0.5, 0.6) is 0 Å². The number of carbonyl (C=O) groups excluding carboxylic acids is 1. The molecule has 1 saturated carbocycles. The molecule has 1 aromatic heterocycles. The number of carbonyl (C=O) groups is 1. The van der Waals surface area contributed by atoms with Crippen LogP contribution >= 0.6 is 34.5 Å². The number of amides is 1. The summed E-state index contributed by atoms with van der Waals surface area (Å²) >= 11 is 13.6. The number of nitrogens with one attached hydrogen (secondary N) is 1. The molecule has 0 radical (unpaired) electrons. The van der Waals surface area contributed by atoms with Gasteiger partial charge in [-0.1, -0.05) is 0 Å². The summed E-state index contributed by atoms with van der Waals surface area (Å²) in [5.74, 6) is -0.0662. The van der Waals surface area contributed by atoms with Crippen molar-refractivity contribution < 1.29 is 4.79 Å². The van der Waals surface area contributed by atoms with E-state index in [4.69, 9.17) is 23.2 Å². The van der Waals surface area contributed by atoms with Gasteiger partial charge in [-0.15, -0.1) is 34.5 Å². The number of alkyl halides is 2. The summed E-state index contributed by atoms with van der Waals surface area (Å²) in [5, 5.41) is 2.87. The minimum absolute atomic E-state index is 0.0662. The van der Waals surface area contributed by atoms with Crippen molar-refractivity contribution in [3.05, 3.63) is 21.9 Å². The molecule has 0 bridgehead atoms. The van der Waals surface area contributed by atoms with Crippen LogP contribution in [0, 0.1) is 12.3 Å². The van der Waals surface area contributed by atoms with Gasteiger partial charge >= 0.3 is 0 Å². The molecule has 1 atom stereocenters. The summed E-state index contributed by atoms with van der Waals surface area (Å²) in [6.45, 7) is 4.39. The van der Waals surface area contributed by atoms with E-state index in [-0.39, 0.29) is 5.91 Å². The van der Waals surface area contributed by atoms with Crippen molar-refractivity contribution in [3.63, 3.8) is 0 Å². The Hall–Kier alpha value is -0.250. The highest BCUT2D eigenvalue weighted by molar-refractivity contribution is 7.11. The molecule has 1 fully saturated rings. The van der Waals surface area contributed by atoms with Crippen molar-refractivity contribution in [3.8, 4) is 0 Å². The Morgan fingerprint density at radius 2 is 2.19 bits per heavy atom. The van der Waals surface area contributed by atoms with Gasteiger partial charge in [-0.25, -0.2) is 0 Å². The third kappa shape index (κ3) is 2.08. The summed E-state index contributed by atoms with van der Waals surface area (Å²) in [5.41, 5.74) is -0.623. The number of hydrogen-bond acceptors (Lipinski definition) is 2. The molecule has 1 aliphatic rings. The second-order valence-corrected chi connectivity index (χ2v) is 7.26. The van der Waals surface area contributed by atoms with E-state index in [1.165, 1.54) is 4.88 Å². The van der Waals surface area contributed by atoms with E-state index in [1.54, 1.807) is 18.3 Å². The molecule has 0 saturated heterocycles. The van der Waals surface area contributed by atoms with E-state index in [0.29, 0.717) is 13.0 Å². The lowest BCUT2D eigenvalue weighted by atomic mass is 10.1. The lowest BCUT2D eigenvalue weighted by Crippen LogP contribution is -2.32. The molecule has 0 spiro atoms. The third-order valence-corrected chi connectivity index (χ3v) is 5.08. The highest BCUT2D eigenvalue weighted by Gasteiger charge is 2.67. The zero-order valence-corrected chi connectivity index (χ0v) is 11.5. The van der Waals surface area contributed by atoms with Crippen LogP contribution in [0.4, 0.5) is 0 Å².